The van der Waals surface area contributed by atoms with Crippen LogP contribution in [0.5, 0.6) is 0 Å². The first kappa shape index (κ1) is 25.7. The number of likely N-dealkylation sites (tertiary alicyclic amines) is 1. The van der Waals surface area contributed by atoms with Crippen LogP contribution in [0.1, 0.15) is 42.5 Å². The maximum Gasteiger partial charge on any atom is 0.400 e. The first-order valence-electron chi connectivity index (χ1n) is 11.4. The number of imidazole rings is 1. The molecule has 1 aromatic rings. The van der Waals surface area contributed by atoms with E-state index in [-0.39, 0.29) is 31.6 Å². The van der Waals surface area contributed by atoms with Gasteiger partial charge in [0.25, 0.3) is 5.91 Å². The molecular weight excluding hydrogens is 484 g/mol. The number of rotatable bonds is 5. The number of fused-ring (bicyclic) bond motifs is 1. The Morgan fingerprint density at radius 3 is 2.29 bits per heavy atom. The lowest BCUT2D eigenvalue weighted by Gasteiger charge is -2.40. The van der Waals surface area contributed by atoms with E-state index in [2.05, 4.69) is 15.2 Å². The molecule has 0 bridgehead atoms. The number of hydrogen-bond donors (Lipinski definition) is 1. The summed E-state index contributed by atoms with van der Waals surface area (Å²) in [6, 6.07) is 0.354. The molecule has 0 aliphatic carbocycles. The third-order valence-corrected chi connectivity index (χ3v) is 7.01. The number of halogens is 6. The van der Waals surface area contributed by atoms with Crippen molar-refractivity contribution in [3.05, 3.63) is 17.7 Å². The fourth-order valence-electron chi connectivity index (χ4n) is 4.56. The first-order valence-corrected chi connectivity index (χ1v) is 11.4. The summed E-state index contributed by atoms with van der Waals surface area (Å²) in [5.41, 5.74) is -0.537. The minimum atomic E-state index is -5.56. The minimum Gasteiger partial charge on any atom is -0.378 e. The lowest BCUT2D eigenvalue weighted by Crippen LogP contribution is -2.55. The van der Waals surface area contributed by atoms with E-state index in [4.69, 9.17) is 4.74 Å². The fourth-order valence-corrected chi connectivity index (χ4v) is 4.56. The van der Waals surface area contributed by atoms with Crippen molar-refractivity contribution in [2.45, 2.75) is 63.2 Å². The van der Waals surface area contributed by atoms with Crippen molar-refractivity contribution < 1.29 is 40.7 Å². The van der Waals surface area contributed by atoms with Gasteiger partial charge in [-0.3, -0.25) is 14.5 Å². The number of ether oxygens (including phenoxy) is 1. The number of nitrogens with zero attached hydrogens (tertiary/aromatic N) is 4. The lowest BCUT2D eigenvalue weighted by molar-refractivity contribution is -0.284. The average molecular weight is 511 g/mol. The number of aromatic nitrogens is 2. The van der Waals surface area contributed by atoms with Gasteiger partial charge >= 0.3 is 12.4 Å². The van der Waals surface area contributed by atoms with E-state index in [9.17, 15) is 35.9 Å². The molecule has 4 heterocycles. The highest BCUT2D eigenvalue weighted by Crippen LogP contribution is 2.41. The van der Waals surface area contributed by atoms with Gasteiger partial charge in [-0.15, -0.1) is 0 Å². The Balaban J connectivity index is 1.31. The molecule has 2 saturated heterocycles. The van der Waals surface area contributed by atoms with Gasteiger partial charge in [-0.1, -0.05) is 0 Å². The van der Waals surface area contributed by atoms with Crippen molar-refractivity contribution in [3.63, 3.8) is 0 Å². The molecule has 0 radical (unpaired) electrons. The zero-order chi connectivity index (χ0) is 25.6. The van der Waals surface area contributed by atoms with Crippen LogP contribution in [0.2, 0.25) is 0 Å². The Morgan fingerprint density at radius 1 is 1.11 bits per heavy atom. The van der Waals surface area contributed by atoms with Gasteiger partial charge in [0.15, 0.2) is 5.92 Å². The first-order chi connectivity index (χ1) is 16.2. The molecule has 35 heavy (non-hydrogen) atoms. The van der Waals surface area contributed by atoms with Crippen LogP contribution in [0.25, 0.3) is 0 Å². The SMILES string of the molecule is CC1(NC(=O)c2cn3c(n2)CN(C2COC2)CC3)CCN(C(=O)CC(C(F)(F)F)C(F)(F)F)CC1. The number of nitrogens with one attached hydrogen (secondary N) is 1. The van der Waals surface area contributed by atoms with Crippen LogP contribution >= 0.6 is 0 Å². The van der Waals surface area contributed by atoms with E-state index in [1.165, 1.54) is 0 Å². The van der Waals surface area contributed by atoms with E-state index in [1.807, 2.05) is 4.57 Å². The van der Waals surface area contributed by atoms with Crippen molar-refractivity contribution in [1.82, 2.24) is 24.7 Å². The van der Waals surface area contributed by atoms with Gasteiger partial charge in [0, 0.05) is 44.3 Å². The lowest BCUT2D eigenvalue weighted by atomic mass is 9.89. The molecule has 0 saturated carbocycles. The van der Waals surface area contributed by atoms with E-state index >= 15 is 0 Å². The number of piperidine rings is 1. The molecule has 4 rings (SSSR count). The molecule has 0 atom stereocenters. The Labute approximate surface area is 197 Å². The van der Waals surface area contributed by atoms with Crippen LogP contribution in [0, 0.1) is 5.92 Å². The van der Waals surface area contributed by atoms with Gasteiger partial charge in [0.1, 0.15) is 11.5 Å². The quantitative estimate of drug-likeness (QED) is 0.615. The second-order valence-electron chi connectivity index (χ2n) is 9.63. The van der Waals surface area contributed by atoms with Gasteiger partial charge in [-0.05, 0) is 19.8 Å². The largest absolute Gasteiger partial charge is 0.400 e. The molecule has 2 fully saturated rings. The zero-order valence-corrected chi connectivity index (χ0v) is 19.1. The highest BCUT2D eigenvalue weighted by atomic mass is 19.4. The summed E-state index contributed by atoms with van der Waals surface area (Å²) in [5.74, 6) is -4.55. The third-order valence-electron chi connectivity index (χ3n) is 7.01. The summed E-state index contributed by atoms with van der Waals surface area (Å²) < 4.78 is 83.9. The van der Waals surface area contributed by atoms with Crippen LogP contribution in [0.3, 0.4) is 0 Å². The maximum absolute atomic E-state index is 12.8. The number of carbonyl (C=O) groups is 2. The van der Waals surface area contributed by atoms with E-state index in [0.717, 1.165) is 17.3 Å². The van der Waals surface area contributed by atoms with Crippen LogP contribution in [0.15, 0.2) is 6.20 Å². The van der Waals surface area contributed by atoms with Gasteiger partial charge in [-0.2, -0.15) is 26.3 Å². The zero-order valence-electron chi connectivity index (χ0n) is 19.1. The van der Waals surface area contributed by atoms with Crippen molar-refractivity contribution in [1.29, 1.82) is 0 Å². The molecule has 1 N–H and O–H groups in total. The van der Waals surface area contributed by atoms with Crippen LogP contribution < -0.4 is 5.32 Å². The maximum atomic E-state index is 12.8. The second kappa shape index (κ2) is 9.26. The summed E-state index contributed by atoms with van der Waals surface area (Å²) in [7, 11) is 0. The molecule has 0 spiro atoms. The number of hydrogen-bond acceptors (Lipinski definition) is 5. The summed E-state index contributed by atoms with van der Waals surface area (Å²) in [5, 5.41) is 2.88. The van der Waals surface area contributed by atoms with Crippen molar-refractivity contribution in [2.75, 3.05) is 32.8 Å². The second-order valence-corrected chi connectivity index (χ2v) is 9.63. The van der Waals surface area contributed by atoms with Gasteiger partial charge in [-0.25, -0.2) is 4.98 Å². The smallest absolute Gasteiger partial charge is 0.378 e. The van der Waals surface area contributed by atoms with E-state index in [1.54, 1.807) is 13.1 Å². The van der Waals surface area contributed by atoms with E-state index in [0.29, 0.717) is 32.3 Å². The highest BCUT2D eigenvalue weighted by molar-refractivity contribution is 5.92. The molecule has 0 aromatic carbocycles. The van der Waals surface area contributed by atoms with Gasteiger partial charge in [0.2, 0.25) is 5.91 Å². The van der Waals surface area contributed by atoms with Crippen LogP contribution in [0.4, 0.5) is 26.3 Å². The Hall–Kier alpha value is -2.35. The standard InChI is InChI=1S/C21H27F6N5O3/c1-19(2-4-30(5-3-19)17(33)8-15(20(22,23)24)21(25,26)27)29-18(34)14-9-32-7-6-31(10-16(32)28-14)13-11-35-12-13/h9,13,15H,2-8,10-12H2,1H3,(H,29,34). The van der Waals surface area contributed by atoms with Gasteiger partial charge < -0.3 is 19.5 Å². The summed E-state index contributed by atoms with van der Waals surface area (Å²) in [6.07, 6.45) is -10.7. The predicted molar refractivity (Wildman–Crippen MR) is 109 cm³/mol. The molecule has 3 aliphatic rings. The van der Waals surface area contributed by atoms with E-state index < -0.39 is 42.0 Å². The molecule has 0 unspecified atom stereocenters. The van der Waals surface area contributed by atoms with Gasteiger partial charge in [0.05, 0.1) is 25.8 Å². The molecule has 1 aromatic heterocycles. The monoisotopic (exact) mass is 511 g/mol. The molecule has 3 aliphatic heterocycles. The Morgan fingerprint density at radius 2 is 1.74 bits per heavy atom. The molecule has 8 nitrogen and oxygen atoms in total. The predicted octanol–water partition coefficient (Wildman–Crippen LogP) is 2.34. The fraction of sp³-hybridized carbons (Fsp3) is 0.762. The summed E-state index contributed by atoms with van der Waals surface area (Å²) in [6.45, 7) is 5.09. The van der Waals surface area contributed by atoms with Crippen molar-refractivity contribution >= 4 is 11.8 Å². The normalized spacial score (nSPS) is 21.5. The third kappa shape index (κ3) is 5.74. The Kier molecular flexibility index (Phi) is 6.81. The topological polar surface area (TPSA) is 79.7 Å². The average Bonchev–Trinajstić information content (AvgIpc) is 3.13. The number of alkyl halides is 6. The van der Waals surface area contributed by atoms with Crippen LogP contribution in [-0.4, -0.2) is 87.9 Å². The highest BCUT2D eigenvalue weighted by Gasteiger charge is 2.57. The molecular formula is C21H27F6N5O3. The minimum absolute atomic E-state index is 0.0594. The van der Waals surface area contributed by atoms with Crippen LogP contribution in [-0.2, 0) is 22.6 Å². The van der Waals surface area contributed by atoms with Crippen molar-refractivity contribution in [3.8, 4) is 0 Å². The molecule has 14 heteroatoms. The Bertz CT molecular complexity index is 936. The summed E-state index contributed by atoms with van der Waals surface area (Å²) >= 11 is 0. The summed E-state index contributed by atoms with van der Waals surface area (Å²) in [4.78, 5) is 32.7. The van der Waals surface area contributed by atoms with Crippen molar-refractivity contribution in [2.24, 2.45) is 5.92 Å². The molecule has 2 amide bonds. The molecule has 196 valence electrons. The number of carbonyl (C=O) groups excluding carboxylic acids is 2. The number of amides is 2.